The summed E-state index contributed by atoms with van der Waals surface area (Å²) in [4.78, 5) is 36.9. The number of imidazole rings is 1. The monoisotopic (exact) mass is 194 g/mol. The van der Waals surface area contributed by atoms with E-state index in [1.54, 1.807) is 0 Å². The third-order valence-electron chi connectivity index (χ3n) is 1.72. The van der Waals surface area contributed by atoms with E-state index in [4.69, 9.17) is 0 Å². The molecular formula is C9H10N2O3. The van der Waals surface area contributed by atoms with Crippen LogP contribution in [-0.2, 0) is 0 Å². The van der Waals surface area contributed by atoms with E-state index in [-0.39, 0.29) is 29.0 Å². The zero-order valence-corrected chi connectivity index (χ0v) is 8.20. The normalized spacial score (nSPS) is 9.93. The largest absolute Gasteiger partial charge is 0.293 e. The zero-order valence-electron chi connectivity index (χ0n) is 8.20. The van der Waals surface area contributed by atoms with Crippen molar-refractivity contribution < 1.29 is 14.4 Å². The Kier molecular flexibility index (Phi) is 2.60. The summed E-state index contributed by atoms with van der Waals surface area (Å²) in [6.45, 7) is 3.93. The van der Waals surface area contributed by atoms with E-state index in [1.165, 1.54) is 27.0 Å². The molecule has 5 nitrogen and oxygen atoms in total. The summed E-state index contributed by atoms with van der Waals surface area (Å²) in [6.07, 6.45) is 1.28. The van der Waals surface area contributed by atoms with Gasteiger partial charge >= 0.3 is 0 Å². The summed E-state index contributed by atoms with van der Waals surface area (Å²) in [7, 11) is 0. The van der Waals surface area contributed by atoms with Crippen molar-refractivity contribution in [2.75, 3.05) is 0 Å². The van der Waals surface area contributed by atoms with Crippen LogP contribution >= 0.6 is 0 Å². The standard InChI is InChI=1S/C9H10N2O3/c1-5(12)8-4-11(7(3)14)9(10-8)6(2)13/h4H,1-3H3. The van der Waals surface area contributed by atoms with Crippen molar-refractivity contribution in [2.45, 2.75) is 20.8 Å². The van der Waals surface area contributed by atoms with Crippen LogP contribution < -0.4 is 0 Å². The number of hydrogen-bond donors (Lipinski definition) is 0. The molecule has 74 valence electrons. The highest BCUT2D eigenvalue weighted by Crippen LogP contribution is 2.05. The molecule has 0 aliphatic carbocycles. The molecule has 1 rings (SSSR count). The lowest BCUT2D eigenvalue weighted by Crippen LogP contribution is -2.12. The van der Waals surface area contributed by atoms with Gasteiger partial charge in [0.25, 0.3) is 0 Å². The summed E-state index contributed by atoms with van der Waals surface area (Å²) in [5.41, 5.74) is 0.130. The third-order valence-corrected chi connectivity index (χ3v) is 1.72. The molecule has 14 heavy (non-hydrogen) atoms. The first-order chi connectivity index (χ1) is 6.43. The second-order valence-electron chi connectivity index (χ2n) is 2.95. The zero-order chi connectivity index (χ0) is 10.9. The highest BCUT2D eigenvalue weighted by atomic mass is 16.2. The van der Waals surface area contributed by atoms with E-state index >= 15 is 0 Å². The second-order valence-corrected chi connectivity index (χ2v) is 2.95. The third kappa shape index (κ3) is 1.76. The molecule has 1 heterocycles. The molecule has 0 saturated carbocycles. The van der Waals surface area contributed by atoms with Gasteiger partial charge in [-0.3, -0.25) is 19.0 Å². The predicted molar refractivity (Wildman–Crippen MR) is 48.5 cm³/mol. The van der Waals surface area contributed by atoms with Crippen molar-refractivity contribution in [3.8, 4) is 0 Å². The highest BCUT2D eigenvalue weighted by Gasteiger charge is 2.16. The first kappa shape index (κ1) is 10.3. The van der Waals surface area contributed by atoms with Gasteiger partial charge in [-0.05, 0) is 0 Å². The fourth-order valence-corrected chi connectivity index (χ4v) is 1.04. The molecule has 0 unspecified atom stereocenters. The fourth-order valence-electron chi connectivity index (χ4n) is 1.04. The number of nitrogens with zero attached hydrogens (tertiary/aromatic N) is 2. The summed E-state index contributed by atoms with van der Waals surface area (Å²) >= 11 is 0. The Bertz CT molecular complexity index is 386. The van der Waals surface area contributed by atoms with E-state index in [1.807, 2.05) is 0 Å². The average molecular weight is 194 g/mol. The fraction of sp³-hybridized carbons (Fsp3) is 0.333. The summed E-state index contributed by atoms with van der Waals surface area (Å²) < 4.78 is 1.08. The van der Waals surface area contributed by atoms with E-state index in [0.29, 0.717) is 0 Å². The van der Waals surface area contributed by atoms with Gasteiger partial charge in [0.15, 0.2) is 17.4 Å². The van der Waals surface area contributed by atoms with E-state index in [2.05, 4.69) is 4.98 Å². The number of Topliss-reactive ketones (excluding diaryl/α,β-unsaturated/α-hetero) is 2. The summed E-state index contributed by atoms with van der Waals surface area (Å²) in [6, 6.07) is 0. The minimum absolute atomic E-state index is 0.00250. The van der Waals surface area contributed by atoms with Gasteiger partial charge < -0.3 is 0 Å². The number of hydrogen-bond acceptors (Lipinski definition) is 4. The van der Waals surface area contributed by atoms with Crippen LogP contribution in [0.25, 0.3) is 0 Å². The van der Waals surface area contributed by atoms with Gasteiger partial charge in [0.05, 0.1) is 0 Å². The van der Waals surface area contributed by atoms with E-state index in [0.717, 1.165) is 4.57 Å². The van der Waals surface area contributed by atoms with Crippen LogP contribution in [0.15, 0.2) is 6.20 Å². The minimum atomic E-state index is -0.340. The first-order valence-electron chi connectivity index (χ1n) is 4.05. The number of ketones is 2. The number of rotatable bonds is 2. The lowest BCUT2D eigenvalue weighted by molar-refractivity contribution is 0.0906. The van der Waals surface area contributed by atoms with Crippen molar-refractivity contribution in [1.82, 2.24) is 9.55 Å². The molecule has 0 N–H and O–H groups in total. The van der Waals surface area contributed by atoms with Crippen molar-refractivity contribution >= 4 is 17.5 Å². The van der Waals surface area contributed by atoms with Crippen LogP contribution in [-0.4, -0.2) is 27.0 Å². The molecule has 0 aromatic carbocycles. The first-order valence-corrected chi connectivity index (χ1v) is 4.05. The molecule has 0 fully saturated rings. The van der Waals surface area contributed by atoms with Gasteiger partial charge in [-0.15, -0.1) is 0 Å². The molecule has 0 radical (unpaired) electrons. The van der Waals surface area contributed by atoms with E-state index < -0.39 is 0 Å². The van der Waals surface area contributed by atoms with Gasteiger partial charge in [-0.25, -0.2) is 4.98 Å². The lowest BCUT2D eigenvalue weighted by atomic mass is 10.3. The van der Waals surface area contributed by atoms with Gasteiger partial charge in [0.1, 0.15) is 5.69 Å². The molecule has 0 amide bonds. The highest BCUT2D eigenvalue weighted by molar-refractivity contribution is 5.98. The molecule has 1 aromatic rings. The predicted octanol–water partition coefficient (Wildman–Crippen LogP) is 0.948. The Morgan fingerprint density at radius 3 is 2.00 bits per heavy atom. The Hall–Kier alpha value is -1.78. The van der Waals surface area contributed by atoms with Gasteiger partial charge in [0.2, 0.25) is 5.91 Å². The Labute approximate surface area is 80.7 Å². The topological polar surface area (TPSA) is 69.0 Å². The molecule has 0 aliphatic heterocycles. The maximum Gasteiger partial charge on any atom is 0.229 e. The van der Waals surface area contributed by atoms with Crippen LogP contribution in [0.3, 0.4) is 0 Å². The van der Waals surface area contributed by atoms with Gasteiger partial charge in [-0.2, -0.15) is 0 Å². The Morgan fingerprint density at radius 1 is 1.14 bits per heavy atom. The van der Waals surface area contributed by atoms with Crippen molar-refractivity contribution in [3.63, 3.8) is 0 Å². The van der Waals surface area contributed by atoms with Crippen LogP contribution in [0.1, 0.15) is 46.7 Å². The van der Waals surface area contributed by atoms with Crippen molar-refractivity contribution in [3.05, 3.63) is 17.7 Å². The lowest BCUT2D eigenvalue weighted by Gasteiger charge is -1.96. The smallest absolute Gasteiger partial charge is 0.229 e. The molecular weight excluding hydrogens is 184 g/mol. The minimum Gasteiger partial charge on any atom is -0.293 e. The van der Waals surface area contributed by atoms with Crippen molar-refractivity contribution in [2.24, 2.45) is 0 Å². The number of carbonyl (C=O) groups excluding carboxylic acids is 3. The van der Waals surface area contributed by atoms with Crippen LogP contribution in [0.5, 0.6) is 0 Å². The molecule has 1 aromatic heterocycles. The maximum atomic E-state index is 11.1. The maximum absolute atomic E-state index is 11.1. The SMILES string of the molecule is CC(=O)c1cn(C(C)=O)c(C(C)=O)n1. The quantitative estimate of drug-likeness (QED) is 0.657. The molecule has 0 bridgehead atoms. The van der Waals surface area contributed by atoms with Gasteiger partial charge in [-0.1, -0.05) is 0 Å². The van der Waals surface area contributed by atoms with Crippen molar-refractivity contribution in [1.29, 1.82) is 0 Å². The Balaban J connectivity index is 3.33. The Morgan fingerprint density at radius 2 is 1.71 bits per heavy atom. The molecule has 5 heteroatoms. The van der Waals surface area contributed by atoms with Gasteiger partial charge in [0, 0.05) is 27.0 Å². The molecule has 0 aliphatic rings. The molecule has 0 saturated heterocycles. The molecule has 0 atom stereocenters. The summed E-state index contributed by atoms with van der Waals surface area (Å²) in [5, 5.41) is 0. The van der Waals surface area contributed by atoms with Crippen LogP contribution in [0.2, 0.25) is 0 Å². The second kappa shape index (κ2) is 3.53. The van der Waals surface area contributed by atoms with Crippen LogP contribution in [0, 0.1) is 0 Å². The number of aromatic nitrogens is 2. The molecule has 0 spiro atoms. The number of carbonyl (C=O) groups is 3. The summed E-state index contributed by atoms with van der Waals surface area (Å²) in [5.74, 6) is -0.946. The average Bonchev–Trinajstić information content (AvgIpc) is 2.47. The van der Waals surface area contributed by atoms with Crippen LogP contribution in [0.4, 0.5) is 0 Å². The van der Waals surface area contributed by atoms with E-state index in [9.17, 15) is 14.4 Å².